The second-order valence-electron chi connectivity index (χ2n) is 4.22. The SMILES string of the molecule is Cc1nc(-c2ccc3c(c2)ncn3C)sc1C. The summed E-state index contributed by atoms with van der Waals surface area (Å²) in [6.07, 6.45) is 1.84. The second kappa shape index (κ2) is 3.67. The molecule has 0 saturated heterocycles. The van der Waals surface area contributed by atoms with E-state index in [1.54, 1.807) is 11.3 Å². The number of fused-ring (bicyclic) bond motifs is 1. The number of hydrogen-bond donors (Lipinski definition) is 0. The minimum Gasteiger partial charge on any atom is -0.334 e. The van der Waals surface area contributed by atoms with Crippen LogP contribution in [0, 0.1) is 13.8 Å². The largest absolute Gasteiger partial charge is 0.334 e. The number of hydrogen-bond acceptors (Lipinski definition) is 3. The molecule has 1 aromatic carbocycles. The molecule has 0 saturated carbocycles. The molecule has 0 aliphatic heterocycles. The number of benzene rings is 1. The van der Waals surface area contributed by atoms with Crippen LogP contribution < -0.4 is 0 Å². The Balaban J connectivity index is 2.17. The fourth-order valence-corrected chi connectivity index (χ4v) is 2.78. The first kappa shape index (κ1) is 10.5. The van der Waals surface area contributed by atoms with Crippen LogP contribution in [0.1, 0.15) is 10.6 Å². The predicted octanol–water partition coefficient (Wildman–Crippen LogP) is 3.31. The number of aromatic nitrogens is 3. The number of nitrogens with zero attached hydrogens (tertiary/aromatic N) is 3. The zero-order valence-electron chi connectivity index (χ0n) is 10.1. The Labute approximate surface area is 104 Å². The third kappa shape index (κ3) is 1.65. The van der Waals surface area contributed by atoms with Crippen molar-refractivity contribution < 1.29 is 0 Å². The van der Waals surface area contributed by atoms with E-state index >= 15 is 0 Å². The lowest BCUT2D eigenvalue weighted by atomic mass is 10.2. The summed E-state index contributed by atoms with van der Waals surface area (Å²) in [5.74, 6) is 0. The molecule has 3 aromatic rings. The first-order valence-electron chi connectivity index (χ1n) is 5.50. The molecular weight excluding hydrogens is 230 g/mol. The zero-order chi connectivity index (χ0) is 12.0. The van der Waals surface area contributed by atoms with Gasteiger partial charge in [0.1, 0.15) is 5.01 Å². The summed E-state index contributed by atoms with van der Waals surface area (Å²) in [5, 5.41) is 1.08. The maximum atomic E-state index is 4.58. The highest BCUT2D eigenvalue weighted by atomic mass is 32.1. The van der Waals surface area contributed by atoms with Crippen LogP contribution in [0.25, 0.3) is 21.6 Å². The van der Waals surface area contributed by atoms with Gasteiger partial charge < -0.3 is 4.57 Å². The van der Waals surface area contributed by atoms with Gasteiger partial charge in [-0.25, -0.2) is 9.97 Å². The van der Waals surface area contributed by atoms with E-state index in [0.29, 0.717) is 0 Å². The second-order valence-corrected chi connectivity index (χ2v) is 5.42. The van der Waals surface area contributed by atoms with E-state index < -0.39 is 0 Å². The lowest BCUT2D eigenvalue weighted by molar-refractivity contribution is 0.948. The van der Waals surface area contributed by atoms with Crippen LogP contribution in [-0.4, -0.2) is 14.5 Å². The summed E-state index contributed by atoms with van der Waals surface area (Å²) in [7, 11) is 2.01. The monoisotopic (exact) mass is 243 g/mol. The molecule has 3 rings (SSSR count). The predicted molar refractivity (Wildman–Crippen MR) is 71.3 cm³/mol. The van der Waals surface area contributed by atoms with E-state index in [1.165, 1.54) is 4.88 Å². The molecule has 0 spiro atoms. The summed E-state index contributed by atoms with van der Waals surface area (Å²) in [6.45, 7) is 4.16. The van der Waals surface area contributed by atoms with Crippen molar-refractivity contribution in [2.24, 2.45) is 7.05 Å². The molecule has 0 radical (unpaired) electrons. The van der Waals surface area contributed by atoms with Gasteiger partial charge in [0.2, 0.25) is 0 Å². The van der Waals surface area contributed by atoms with Crippen molar-refractivity contribution in [3.63, 3.8) is 0 Å². The van der Waals surface area contributed by atoms with Gasteiger partial charge in [-0.1, -0.05) is 0 Å². The van der Waals surface area contributed by atoms with Crippen molar-refractivity contribution >= 4 is 22.4 Å². The third-order valence-electron chi connectivity index (χ3n) is 3.00. The van der Waals surface area contributed by atoms with Crippen molar-refractivity contribution in [1.29, 1.82) is 0 Å². The summed E-state index contributed by atoms with van der Waals surface area (Å²) in [5.41, 5.74) is 4.44. The summed E-state index contributed by atoms with van der Waals surface area (Å²) in [6, 6.07) is 6.32. The van der Waals surface area contributed by atoms with Gasteiger partial charge in [-0.2, -0.15) is 0 Å². The van der Waals surface area contributed by atoms with E-state index in [4.69, 9.17) is 0 Å². The number of thiazole rings is 1. The van der Waals surface area contributed by atoms with Crippen LogP contribution in [-0.2, 0) is 7.05 Å². The third-order valence-corrected chi connectivity index (χ3v) is 4.12. The average Bonchev–Trinajstić information content (AvgIpc) is 2.84. The van der Waals surface area contributed by atoms with Crippen molar-refractivity contribution in [3.05, 3.63) is 35.1 Å². The van der Waals surface area contributed by atoms with Crippen LogP contribution in [0.15, 0.2) is 24.5 Å². The molecule has 2 heterocycles. The van der Waals surface area contributed by atoms with E-state index in [9.17, 15) is 0 Å². The average molecular weight is 243 g/mol. The first-order chi connectivity index (χ1) is 8.15. The molecule has 0 bridgehead atoms. The topological polar surface area (TPSA) is 30.7 Å². The number of rotatable bonds is 1. The molecule has 3 nitrogen and oxygen atoms in total. The van der Waals surface area contributed by atoms with Crippen LogP contribution in [0.2, 0.25) is 0 Å². The van der Waals surface area contributed by atoms with Crippen molar-refractivity contribution in [1.82, 2.24) is 14.5 Å². The van der Waals surface area contributed by atoms with Crippen LogP contribution in [0.3, 0.4) is 0 Å². The standard InChI is InChI=1S/C13H13N3S/c1-8-9(2)17-13(15-8)10-4-5-12-11(6-10)14-7-16(12)3/h4-7H,1-3H3. The summed E-state index contributed by atoms with van der Waals surface area (Å²) >= 11 is 1.74. The molecule has 2 aromatic heterocycles. The van der Waals surface area contributed by atoms with Gasteiger partial charge in [0.05, 0.1) is 23.1 Å². The minimum absolute atomic E-state index is 1.02. The van der Waals surface area contributed by atoms with Gasteiger partial charge in [-0.15, -0.1) is 11.3 Å². The van der Waals surface area contributed by atoms with Gasteiger partial charge in [0.25, 0.3) is 0 Å². The van der Waals surface area contributed by atoms with Crippen molar-refractivity contribution in [3.8, 4) is 10.6 Å². The van der Waals surface area contributed by atoms with Gasteiger partial charge in [0, 0.05) is 17.5 Å². The molecule has 0 aliphatic carbocycles. The molecule has 0 N–H and O–H groups in total. The Morgan fingerprint density at radius 3 is 2.76 bits per heavy atom. The highest BCUT2D eigenvalue weighted by Crippen LogP contribution is 2.29. The molecule has 17 heavy (non-hydrogen) atoms. The highest BCUT2D eigenvalue weighted by molar-refractivity contribution is 7.15. The van der Waals surface area contributed by atoms with Gasteiger partial charge in [-0.3, -0.25) is 0 Å². The smallest absolute Gasteiger partial charge is 0.123 e. The minimum atomic E-state index is 1.02. The molecule has 86 valence electrons. The summed E-state index contributed by atoms with van der Waals surface area (Å²) < 4.78 is 2.03. The number of aryl methyl sites for hydroxylation is 3. The molecular formula is C13H13N3S. The van der Waals surface area contributed by atoms with E-state index in [2.05, 4.69) is 42.0 Å². The van der Waals surface area contributed by atoms with Crippen LogP contribution in [0.5, 0.6) is 0 Å². The molecule has 0 atom stereocenters. The Morgan fingerprint density at radius 1 is 1.24 bits per heavy atom. The summed E-state index contributed by atoms with van der Waals surface area (Å²) in [4.78, 5) is 10.2. The van der Waals surface area contributed by atoms with Crippen LogP contribution in [0.4, 0.5) is 0 Å². The maximum absolute atomic E-state index is 4.58. The molecule has 0 unspecified atom stereocenters. The highest BCUT2D eigenvalue weighted by Gasteiger charge is 2.08. The lowest BCUT2D eigenvalue weighted by Crippen LogP contribution is -1.83. The molecule has 4 heteroatoms. The number of imidazole rings is 1. The van der Waals surface area contributed by atoms with Gasteiger partial charge >= 0.3 is 0 Å². The van der Waals surface area contributed by atoms with E-state index in [-0.39, 0.29) is 0 Å². The Hall–Kier alpha value is -1.68. The molecule has 0 fully saturated rings. The van der Waals surface area contributed by atoms with Crippen molar-refractivity contribution in [2.75, 3.05) is 0 Å². The molecule has 0 amide bonds. The quantitative estimate of drug-likeness (QED) is 0.656. The Bertz CT molecular complexity index is 674. The fraction of sp³-hybridized carbons (Fsp3) is 0.231. The molecule has 0 aliphatic rings. The zero-order valence-corrected chi connectivity index (χ0v) is 10.9. The van der Waals surface area contributed by atoms with E-state index in [0.717, 1.165) is 27.3 Å². The van der Waals surface area contributed by atoms with E-state index in [1.807, 2.05) is 17.9 Å². The van der Waals surface area contributed by atoms with Gasteiger partial charge in [-0.05, 0) is 32.0 Å². The maximum Gasteiger partial charge on any atom is 0.123 e. The van der Waals surface area contributed by atoms with Crippen LogP contribution >= 0.6 is 11.3 Å². The van der Waals surface area contributed by atoms with Gasteiger partial charge in [0.15, 0.2) is 0 Å². The van der Waals surface area contributed by atoms with Crippen molar-refractivity contribution in [2.45, 2.75) is 13.8 Å². The lowest BCUT2D eigenvalue weighted by Gasteiger charge is -1.97. The Kier molecular flexibility index (Phi) is 2.26. The Morgan fingerprint density at radius 2 is 2.06 bits per heavy atom. The first-order valence-corrected chi connectivity index (χ1v) is 6.32. The fourth-order valence-electron chi connectivity index (χ4n) is 1.87. The normalized spacial score (nSPS) is 11.2.